The summed E-state index contributed by atoms with van der Waals surface area (Å²) < 4.78 is 27.3. The molecule has 0 fully saturated rings. The molecule has 0 spiro atoms. The molecular formula is C19H20N4O3S. The van der Waals surface area contributed by atoms with Crippen molar-refractivity contribution < 1.29 is 8.42 Å². The van der Waals surface area contributed by atoms with Crippen LogP contribution in [0.2, 0.25) is 0 Å². The van der Waals surface area contributed by atoms with Crippen molar-refractivity contribution in [1.29, 1.82) is 0 Å². The minimum absolute atomic E-state index is 0.0948. The van der Waals surface area contributed by atoms with Crippen LogP contribution in [0.5, 0.6) is 0 Å². The zero-order valence-corrected chi connectivity index (χ0v) is 15.8. The molecule has 0 aliphatic heterocycles. The predicted octanol–water partition coefficient (Wildman–Crippen LogP) is 3.19. The number of nitrogens with zero attached hydrogens (tertiary/aromatic N) is 1. The lowest BCUT2D eigenvalue weighted by Crippen LogP contribution is -2.14. The van der Waals surface area contributed by atoms with Gasteiger partial charge in [-0.3, -0.25) is 9.52 Å². The van der Waals surface area contributed by atoms with Crippen molar-refractivity contribution in [2.24, 2.45) is 0 Å². The molecular weight excluding hydrogens is 364 g/mol. The van der Waals surface area contributed by atoms with E-state index in [-0.39, 0.29) is 16.3 Å². The minimum atomic E-state index is -3.72. The van der Waals surface area contributed by atoms with Gasteiger partial charge in [-0.25, -0.2) is 13.4 Å². The Morgan fingerprint density at radius 1 is 1.11 bits per heavy atom. The van der Waals surface area contributed by atoms with E-state index in [2.05, 4.69) is 20.0 Å². The van der Waals surface area contributed by atoms with Crippen LogP contribution in [-0.2, 0) is 16.4 Å². The molecule has 7 nitrogen and oxygen atoms in total. The third-order valence-electron chi connectivity index (χ3n) is 4.04. The molecule has 8 heteroatoms. The molecule has 0 aliphatic carbocycles. The van der Waals surface area contributed by atoms with Gasteiger partial charge in [0, 0.05) is 23.1 Å². The average Bonchev–Trinajstić information content (AvgIpc) is 2.65. The van der Waals surface area contributed by atoms with E-state index in [0.29, 0.717) is 23.4 Å². The SMILES string of the molecule is CCc1cc(Nc2ccc(S(=O)(=O)Nc3ccccn3)cc2)c(C)[nH]c1=O. The summed E-state index contributed by atoms with van der Waals surface area (Å²) in [5.41, 5.74) is 2.79. The van der Waals surface area contributed by atoms with Crippen LogP contribution in [-0.4, -0.2) is 18.4 Å². The number of anilines is 3. The Morgan fingerprint density at radius 2 is 1.85 bits per heavy atom. The Bertz CT molecular complexity index is 1090. The normalized spacial score (nSPS) is 11.2. The zero-order valence-electron chi connectivity index (χ0n) is 15.0. The summed E-state index contributed by atoms with van der Waals surface area (Å²) in [5.74, 6) is 0.260. The summed E-state index contributed by atoms with van der Waals surface area (Å²) in [6, 6.07) is 13.2. The third kappa shape index (κ3) is 4.35. The van der Waals surface area contributed by atoms with E-state index in [4.69, 9.17) is 0 Å². The lowest BCUT2D eigenvalue weighted by Gasteiger charge is -2.12. The van der Waals surface area contributed by atoms with Crippen LogP contribution in [0, 0.1) is 6.92 Å². The second-order valence-corrected chi connectivity index (χ2v) is 7.67. The van der Waals surface area contributed by atoms with Gasteiger partial charge < -0.3 is 10.3 Å². The summed E-state index contributed by atoms with van der Waals surface area (Å²) in [6.45, 7) is 3.72. The maximum Gasteiger partial charge on any atom is 0.263 e. The van der Waals surface area contributed by atoms with E-state index in [9.17, 15) is 13.2 Å². The largest absolute Gasteiger partial charge is 0.354 e. The molecule has 0 unspecified atom stereocenters. The molecule has 0 saturated heterocycles. The first-order valence-corrected chi connectivity index (χ1v) is 9.91. The zero-order chi connectivity index (χ0) is 19.4. The molecule has 0 bridgehead atoms. The molecule has 0 atom stereocenters. The highest BCUT2D eigenvalue weighted by atomic mass is 32.2. The van der Waals surface area contributed by atoms with Crippen molar-refractivity contribution in [3.63, 3.8) is 0 Å². The van der Waals surface area contributed by atoms with Crippen LogP contribution < -0.4 is 15.6 Å². The molecule has 3 N–H and O–H groups in total. The Balaban J connectivity index is 1.81. The minimum Gasteiger partial charge on any atom is -0.354 e. The summed E-state index contributed by atoms with van der Waals surface area (Å²) >= 11 is 0. The lowest BCUT2D eigenvalue weighted by molar-refractivity contribution is 0.601. The van der Waals surface area contributed by atoms with Crippen molar-refractivity contribution in [3.05, 3.63) is 76.3 Å². The first-order chi connectivity index (χ1) is 12.9. The monoisotopic (exact) mass is 384 g/mol. The van der Waals surface area contributed by atoms with E-state index in [1.807, 2.05) is 6.92 Å². The van der Waals surface area contributed by atoms with Crippen molar-refractivity contribution in [1.82, 2.24) is 9.97 Å². The molecule has 1 aromatic carbocycles. The number of aromatic amines is 1. The van der Waals surface area contributed by atoms with E-state index in [1.54, 1.807) is 43.3 Å². The van der Waals surface area contributed by atoms with Crippen molar-refractivity contribution in [2.45, 2.75) is 25.2 Å². The van der Waals surface area contributed by atoms with Gasteiger partial charge in [0.05, 0.1) is 10.6 Å². The van der Waals surface area contributed by atoms with Crippen LogP contribution in [0.3, 0.4) is 0 Å². The molecule has 3 rings (SSSR count). The summed E-state index contributed by atoms with van der Waals surface area (Å²) in [7, 11) is -3.72. The van der Waals surface area contributed by atoms with Crippen molar-refractivity contribution in [3.8, 4) is 0 Å². The molecule has 140 valence electrons. The van der Waals surface area contributed by atoms with Gasteiger partial charge in [0.2, 0.25) is 0 Å². The van der Waals surface area contributed by atoms with E-state index in [0.717, 1.165) is 5.69 Å². The van der Waals surface area contributed by atoms with Gasteiger partial charge in [-0.1, -0.05) is 13.0 Å². The van der Waals surface area contributed by atoms with Gasteiger partial charge >= 0.3 is 0 Å². The number of H-pyrrole nitrogens is 1. The van der Waals surface area contributed by atoms with Gasteiger partial charge in [0.1, 0.15) is 5.82 Å². The topological polar surface area (TPSA) is 104 Å². The van der Waals surface area contributed by atoms with Crippen LogP contribution in [0.1, 0.15) is 18.2 Å². The number of sulfonamides is 1. The van der Waals surface area contributed by atoms with E-state index < -0.39 is 10.0 Å². The fourth-order valence-corrected chi connectivity index (χ4v) is 3.56. The quantitative estimate of drug-likeness (QED) is 0.605. The number of aryl methyl sites for hydroxylation is 2. The Morgan fingerprint density at radius 3 is 2.48 bits per heavy atom. The third-order valence-corrected chi connectivity index (χ3v) is 5.41. The molecule has 0 saturated carbocycles. The lowest BCUT2D eigenvalue weighted by atomic mass is 10.1. The maximum atomic E-state index is 12.4. The second kappa shape index (κ2) is 7.63. The van der Waals surface area contributed by atoms with Crippen molar-refractivity contribution >= 4 is 27.2 Å². The van der Waals surface area contributed by atoms with Crippen LogP contribution in [0.15, 0.2) is 64.4 Å². The average molecular weight is 384 g/mol. The first-order valence-electron chi connectivity index (χ1n) is 8.43. The highest BCUT2D eigenvalue weighted by Gasteiger charge is 2.14. The number of pyridine rings is 2. The second-order valence-electron chi connectivity index (χ2n) is 5.99. The Labute approximate surface area is 157 Å². The number of hydrogen-bond acceptors (Lipinski definition) is 5. The Hall–Kier alpha value is -3.13. The fraction of sp³-hybridized carbons (Fsp3) is 0.158. The van der Waals surface area contributed by atoms with Crippen LogP contribution in [0.25, 0.3) is 0 Å². The first kappa shape index (κ1) is 18.7. The van der Waals surface area contributed by atoms with E-state index >= 15 is 0 Å². The fourth-order valence-electron chi connectivity index (χ4n) is 2.55. The molecule has 27 heavy (non-hydrogen) atoms. The maximum absolute atomic E-state index is 12.4. The highest BCUT2D eigenvalue weighted by Crippen LogP contribution is 2.22. The summed E-state index contributed by atoms with van der Waals surface area (Å²) in [4.78, 5) is 18.7. The summed E-state index contributed by atoms with van der Waals surface area (Å²) in [6.07, 6.45) is 2.14. The molecule has 2 heterocycles. The highest BCUT2D eigenvalue weighted by molar-refractivity contribution is 7.92. The molecule has 0 amide bonds. The summed E-state index contributed by atoms with van der Waals surface area (Å²) in [5, 5.41) is 3.20. The molecule has 2 aromatic heterocycles. The van der Waals surface area contributed by atoms with E-state index in [1.165, 1.54) is 18.3 Å². The number of rotatable bonds is 6. The number of aromatic nitrogens is 2. The van der Waals surface area contributed by atoms with Crippen LogP contribution >= 0.6 is 0 Å². The van der Waals surface area contributed by atoms with Gasteiger partial charge in [-0.05, 0) is 55.8 Å². The van der Waals surface area contributed by atoms with Gasteiger partial charge in [-0.15, -0.1) is 0 Å². The molecule has 0 aliphatic rings. The van der Waals surface area contributed by atoms with Gasteiger partial charge in [-0.2, -0.15) is 0 Å². The predicted molar refractivity (Wildman–Crippen MR) is 106 cm³/mol. The van der Waals surface area contributed by atoms with Gasteiger partial charge in [0.25, 0.3) is 15.6 Å². The van der Waals surface area contributed by atoms with Gasteiger partial charge in [0.15, 0.2) is 0 Å². The van der Waals surface area contributed by atoms with Crippen molar-refractivity contribution in [2.75, 3.05) is 10.0 Å². The smallest absolute Gasteiger partial charge is 0.263 e. The molecule has 0 radical (unpaired) electrons. The number of nitrogens with one attached hydrogen (secondary N) is 3. The molecule has 3 aromatic rings. The number of benzene rings is 1. The standard InChI is InChI=1S/C19H20N4O3S/c1-3-14-12-17(13(2)21-19(14)24)22-15-7-9-16(10-8-15)27(25,26)23-18-6-4-5-11-20-18/h4-12,22H,3H2,1-2H3,(H,20,23)(H,21,24). The Kier molecular flexibility index (Phi) is 5.27. The number of hydrogen-bond donors (Lipinski definition) is 3. The van der Waals surface area contributed by atoms with Crippen LogP contribution in [0.4, 0.5) is 17.2 Å².